The molecule has 2 aromatic rings. The van der Waals surface area contributed by atoms with Crippen LogP contribution in [-0.2, 0) is 4.74 Å². The van der Waals surface area contributed by atoms with Crippen LogP contribution in [0, 0.1) is 0 Å². The van der Waals surface area contributed by atoms with Crippen molar-refractivity contribution in [3.05, 3.63) is 70.2 Å². The molecule has 0 amide bonds. The lowest BCUT2D eigenvalue weighted by atomic mass is 10.1. The van der Waals surface area contributed by atoms with Crippen LogP contribution in [0.25, 0.3) is 0 Å². The lowest BCUT2D eigenvalue weighted by molar-refractivity contribution is 0.0562. The minimum absolute atomic E-state index is 0.0879. The van der Waals surface area contributed by atoms with E-state index in [1.807, 2.05) is 18.2 Å². The summed E-state index contributed by atoms with van der Waals surface area (Å²) < 4.78 is 6.02. The molecule has 0 aliphatic heterocycles. The smallest absolute Gasteiger partial charge is 0.338 e. The Morgan fingerprint density at radius 1 is 1.05 bits per heavy atom. The molecule has 20 heavy (non-hydrogen) atoms. The van der Waals surface area contributed by atoms with E-state index >= 15 is 0 Å². The molecule has 0 radical (unpaired) electrons. The van der Waals surface area contributed by atoms with Crippen LogP contribution in [0.15, 0.2) is 64.2 Å². The van der Waals surface area contributed by atoms with Crippen LogP contribution in [0.1, 0.15) is 15.9 Å². The molecule has 0 saturated heterocycles. The van der Waals surface area contributed by atoms with E-state index in [-0.39, 0.29) is 6.61 Å². The first-order chi connectivity index (χ1) is 9.70. The fraction of sp³-hybridized carbons (Fsp3) is 0.0667. The second-order valence-electron chi connectivity index (χ2n) is 4.00. The number of rotatable bonds is 4. The van der Waals surface area contributed by atoms with E-state index in [0.717, 1.165) is 4.47 Å². The maximum atomic E-state index is 11.8. The van der Waals surface area contributed by atoms with Crippen molar-refractivity contribution in [2.45, 2.75) is 0 Å². The molecule has 102 valence electrons. The van der Waals surface area contributed by atoms with Crippen LogP contribution in [0.3, 0.4) is 0 Å². The fourth-order valence-corrected chi connectivity index (χ4v) is 1.87. The van der Waals surface area contributed by atoms with Gasteiger partial charge >= 0.3 is 5.97 Å². The number of carbonyl (C=O) groups is 1. The molecule has 0 bridgehead atoms. The van der Waals surface area contributed by atoms with Gasteiger partial charge in [0.05, 0.1) is 5.56 Å². The summed E-state index contributed by atoms with van der Waals surface area (Å²) in [5.41, 5.74) is 1.45. The summed E-state index contributed by atoms with van der Waals surface area (Å²) >= 11 is 3.29. The van der Waals surface area contributed by atoms with Gasteiger partial charge in [0, 0.05) is 10.0 Å². The molecule has 0 aliphatic carbocycles. The summed E-state index contributed by atoms with van der Waals surface area (Å²) in [5.74, 6) is -0.463. The van der Waals surface area contributed by atoms with Crippen LogP contribution < -0.4 is 0 Å². The molecule has 0 atom stereocenters. The zero-order valence-corrected chi connectivity index (χ0v) is 12.1. The van der Waals surface area contributed by atoms with Crippen LogP contribution in [0.4, 0.5) is 0 Å². The lowest BCUT2D eigenvalue weighted by Gasteiger charge is -2.06. The third kappa shape index (κ3) is 3.68. The molecule has 2 rings (SSSR count). The zero-order chi connectivity index (χ0) is 14.4. The van der Waals surface area contributed by atoms with Crippen molar-refractivity contribution >= 4 is 27.6 Å². The minimum Gasteiger partial charge on any atom is -0.455 e. The highest BCUT2D eigenvalue weighted by Gasteiger charge is 2.10. The Balaban J connectivity index is 2.01. The van der Waals surface area contributed by atoms with Crippen molar-refractivity contribution in [2.75, 3.05) is 6.61 Å². The molecule has 0 aromatic heterocycles. The fourth-order valence-electron chi connectivity index (χ4n) is 1.60. The molecule has 0 heterocycles. The molecular formula is C15H12BrNO3. The third-order valence-corrected chi connectivity index (χ3v) is 3.18. The second kappa shape index (κ2) is 6.86. The number of oxime groups is 1. The van der Waals surface area contributed by atoms with Crippen molar-refractivity contribution in [1.29, 1.82) is 0 Å². The predicted octanol–water partition coefficient (Wildman–Crippen LogP) is 3.48. The molecule has 0 spiro atoms. The Morgan fingerprint density at radius 3 is 2.30 bits per heavy atom. The highest BCUT2D eigenvalue weighted by atomic mass is 79.9. The van der Waals surface area contributed by atoms with Crippen molar-refractivity contribution in [3.63, 3.8) is 0 Å². The van der Waals surface area contributed by atoms with Crippen LogP contribution >= 0.6 is 15.9 Å². The topological polar surface area (TPSA) is 58.9 Å². The zero-order valence-electron chi connectivity index (χ0n) is 10.5. The number of esters is 1. The number of ether oxygens (including phenoxy) is 1. The number of hydrogen-bond acceptors (Lipinski definition) is 4. The van der Waals surface area contributed by atoms with E-state index in [1.54, 1.807) is 36.4 Å². The van der Waals surface area contributed by atoms with E-state index < -0.39 is 5.97 Å². The minimum atomic E-state index is -0.463. The Morgan fingerprint density at radius 2 is 1.70 bits per heavy atom. The summed E-state index contributed by atoms with van der Waals surface area (Å²) in [7, 11) is 0. The summed E-state index contributed by atoms with van der Waals surface area (Å²) in [5, 5.41) is 12.2. The monoisotopic (exact) mass is 333 g/mol. The average molecular weight is 334 g/mol. The summed E-state index contributed by atoms with van der Waals surface area (Å²) in [6, 6.07) is 15.9. The van der Waals surface area contributed by atoms with E-state index in [2.05, 4.69) is 21.1 Å². The Kier molecular flexibility index (Phi) is 4.90. The van der Waals surface area contributed by atoms with Gasteiger partial charge in [-0.1, -0.05) is 51.4 Å². The molecule has 0 saturated carbocycles. The number of hydrogen-bond donors (Lipinski definition) is 1. The molecule has 0 unspecified atom stereocenters. The Bertz CT molecular complexity index is 609. The maximum absolute atomic E-state index is 11.8. The molecule has 4 nitrogen and oxygen atoms in total. The highest BCUT2D eigenvalue weighted by Crippen LogP contribution is 2.11. The molecule has 5 heteroatoms. The molecule has 0 aliphatic rings. The van der Waals surface area contributed by atoms with E-state index in [9.17, 15) is 4.79 Å². The van der Waals surface area contributed by atoms with Gasteiger partial charge in [0.25, 0.3) is 0 Å². The van der Waals surface area contributed by atoms with Gasteiger partial charge in [-0.15, -0.1) is 0 Å². The second-order valence-corrected chi connectivity index (χ2v) is 4.91. The molecule has 0 fully saturated rings. The van der Waals surface area contributed by atoms with E-state index in [0.29, 0.717) is 16.8 Å². The van der Waals surface area contributed by atoms with Crippen molar-refractivity contribution in [2.24, 2.45) is 5.16 Å². The van der Waals surface area contributed by atoms with Gasteiger partial charge in [-0.3, -0.25) is 0 Å². The Labute approximate surface area is 124 Å². The lowest BCUT2D eigenvalue weighted by Crippen LogP contribution is -2.15. The van der Waals surface area contributed by atoms with E-state index in [4.69, 9.17) is 9.94 Å². The molecule has 1 N–H and O–H groups in total. The van der Waals surface area contributed by atoms with Crippen molar-refractivity contribution in [3.8, 4) is 0 Å². The SMILES string of the molecule is O=C(OC/C(=N\O)c1ccccc1)c1ccc(Br)cc1. The predicted molar refractivity (Wildman–Crippen MR) is 79.2 cm³/mol. The normalized spacial score (nSPS) is 11.2. The van der Waals surface area contributed by atoms with Crippen LogP contribution in [0.5, 0.6) is 0 Å². The third-order valence-electron chi connectivity index (χ3n) is 2.65. The van der Waals surface area contributed by atoms with Gasteiger partial charge in [0.1, 0.15) is 12.3 Å². The van der Waals surface area contributed by atoms with Crippen LogP contribution in [-0.4, -0.2) is 23.5 Å². The van der Waals surface area contributed by atoms with Gasteiger partial charge in [0.2, 0.25) is 0 Å². The number of benzene rings is 2. The average Bonchev–Trinajstić information content (AvgIpc) is 2.49. The maximum Gasteiger partial charge on any atom is 0.338 e. The first-order valence-corrected chi connectivity index (χ1v) is 6.69. The Hall–Kier alpha value is -2.14. The van der Waals surface area contributed by atoms with Gasteiger partial charge in [0.15, 0.2) is 0 Å². The first-order valence-electron chi connectivity index (χ1n) is 5.90. The summed E-state index contributed by atoms with van der Waals surface area (Å²) in [6.45, 7) is -0.0879. The van der Waals surface area contributed by atoms with E-state index in [1.165, 1.54) is 0 Å². The van der Waals surface area contributed by atoms with Crippen molar-refractivity contribution in [1.82, 2.24) is 0 Å². The first kappa shape index (κ1) is 14.3. The van der Waals surface area contributed by atoms with Gasteiger partial charge in [-0.05, 0) is 24.3 Å². The number of carbonyl (C=O) groups excluding carboxylic acids is 1. The summed E-state index contributed by atoms with van der Waals surface area (Å²) in [6.07, 6.45) is 0. The molecular weight excluding hydrogens is 322 g/mol. The number of nitrogens with zero attached hydrogens (tertiary/aromatic N) is 1. The number of halogens is 1. The van der Waals surface area contributed by atoms with Gasteiger partial charge in [-0.25, -0.2) is 4.79 Å². The van der Waals surface area contributed by atoms with Crippen molar-refractivity contribution < 1.29 is 14.7 Å². The largest absolute Gasteiger partial charge is 0.455 e. The standard InChI is InChI=1S/C15H12BrNO3/c16-13-8-6-12(7-9-13)15(18)20-10-14(17-19)11-4-2-1-3-5-11/h1-9,19H,10H2/b17-14+. The van der Waals surface area contributed by atoms with Gasteiger partial charge < -0.3 is 9.94 Å². The summed E-state index contributed by atoms with van der Waals surface area (Å²) in [4.78, 5) is 11.8. The highest BCUT2D eigenvalue weighted by molar-refractivity contribution is 9.10. The van der Waals surface area contributed by atoms with Gasteiger partial charge in [-0.2, -0.15) is 0 Å². The quantitative estimate of drug-likeness (QED) is 0.403. The molecule has 2 aromatic carbocycles. The van der Waals surface area contributed by atoms with Crippen LogP contribution in [0.2, 0.25) is 0 Å².